The topological polar surface area (TPSA) is 51.6 Å². The zero-order valence-electron chi connectivity index (χ0n) is 20.3. The molecule has 0 aliphatic carbocycles. The molecule has 4 aromatic heterocycles. The number of rotatable bonds is 5. The number of halogens is 1. The van der Waals surface area contributed by atoms with Gasteiger partial charge >= 0.3 is 0 Å². The van der Waals surface area contributed by atoms with Crippen LogP contribution in [-0.4, -0.2) is 27.8 Å². The number of hydrogen-bond acceptors (Lipinski definition) is 4. The van der Waals surface area contributed by atoms with Crippen LogP contribution < -0.4 is 5.46 Å². The Bertz CT molecular complexity index is 1610. The first-order chi connectivity index (χ1) is 18.6. The second kappa shape index (κ2) is 10.5. The Morgan fingerprint density at radius 3 is 1.42 bits per heavy atom. The molecule has 0 fully saturated rings. The molecule has 0 bridgehead atoms. The van der Waals surface area contributed by atoms with Gasteiger partial charge in [-0.2, -0.15) is 0 Å². The van der Waals surface area contributed by atoms with Gasteiger partial charge in [0, 0.05) is 16.9 Å². The van der Waals surface area contributed by atoms with Gasteiger partial charge in [0.25, 0.3) is 0 Å². The van der Waals surface area contributed by atoms with Crippen LogP contribution in [0.4, 0.5) is 0 Å². The number of aromatic nitrogens is 4. The Morgan fingerprint density at radius 2 is 0.947 bits per heavy atom. The van der Waals surface area contributed by atoms with Gasteiger partial charge in [-0.05, 0) is 82.9 Å². The summed E-state index contributed by atoms with van der Waals surface area (Å²) in [6, 6.07) is 35.9. The maximum absolute atomic E-state index is 6.12. The van der Waals surface area contributed by atoms with Gasteiger partial charge in [-0.3, -0.25) is 9.97 Å². The molecule has 6 aromatic rings. The third kappa shape index (κ3) is 5.17. The van der Waals surface area contributed by atoms with Gasteiger partial charge in [-0.15, -0.1) is 0 Å². The summed E-state index contributed by atoms with van der Waals surface area (Å²) in [7, 11) is 6.12. The molecule has 178 valence electrons. The Morgan fingerprint density at radius 1 is 0.447 bits per heavy atom. The molecule has 38 heavy (non-hydrogen) atoms. The molecule has 0 N–H and O–H groups in total. The van der Waals surface area contributed by atoms with E-state index in [1.165, 1.54) is 0 Å². The molecule has 0 spiro atoms. The van der Waals surface area contributed by atoms with Crippen molar-refractivity contribution >= 4 is 29.2 Å². The van der Waals surface area contributed by atoms with Crippen molar-refractivity contribution in [3.05, 3.63) is 126 Å². The van der Waals surface area contributed by atoms with Crippen molar-refractivity contribution in [2.75, 3.05) is 0 Å². The summed E-state index contributed by atoms with van der Waals surface area (Å²) in [5.41, 5.74) is 9.36. The molecule has 4 heterocycles. The van der Waals surface area contributed by atoms with Crippen LogP contribution in [0, 0.1) is 0 Å². The molecular weight excluding hydrogens is 531 g/mol. The lowest BCUT2D eigenvalue weighted by Gasteiger charge is -2.13. The molecular formula is C32H20BBrN4. The SMILES string of the molecule is [B]c1cccc(-c2cc(-c3ccccn3)nc(-c3cc(-c4cccc(Br)c4)cc(-c4ccccn4)n3)c2)c1. The predicted octanol–water partition coefficient (Wildman–Crippen LogP) is 7.16. The fraction of sp³-hybridized carbons (Fsp3) is 0. The minimum Gasteiger partial charge on any atom is -0.255 e. The normalized spacial score (nSPS) is 10.9. The van der Waals surface area contributed by atoms with Crippen LogP contribution in [0.1, 0.15) is 0 Å². The van der Waals surface area contributed by atoms with Gasteiger partial charge in [0.2, 0.25) is 0 Å². The molecule has 0 unspecified atom stereocenters. The Hall–Kier alpha value is -4.42. The van der Waals surface area contributed by atoms with E-state index in [9.17, 15) is 0 Å². The third-order valence-corrected chi connectivity index (χ3v) is 6.64. The van der Waals surface area contributed by atoms with E-state index in [4.69, 9.17) is 17.8 Å². The highest BCUT2D eigenvalue weighted by molar-refractivity contribution is 9.10. The lowest BCUT2D eigenvalue weighted by atomic mass is 9.92. The standard InChI is InChI=1S/C32H20BBrN4/c33-25-9-5-7-21(15-25)23-17-29(27-11-1-3-13-35-27)37-31(19-23)32-20-24(22-8-6-10-26(34)16-22)18-30(38-32)28-12-2-4-14-36-28/h1-20H. The third-order valence-electron chi connectivity index (χ3n) is 6.15. The van der Waals surface area contributed by atoms with E-state index in [2.05, 4.69) is 56.2 Å². The molecule has 0 aliphatic rings. The summed E-state index contributed by atoms with van der Waals surface area (Å²) in [5, 5.41) is 0. The van der Waals surface area contributed by atoms with Crippen molar-refractivity contribution in [3.8, 4) is 56.4 Å². The lowest BCUT2D eigenvalue weighted by Crippen LogP contribution is -2.01. The molecule has 2 aromatic carbocycles. The molecule has 2 radical (unpaired) electrons. The van der Waals surface area contributed by atoms with Gasteiger partial charge in [-0.25, -0.2) is 9.97 Å². The zero-order chi connectivity index (χ0) is 25.9. The first-order valence-corrected chi connectivity index (χ1v) is 12.9. The van der Waals surface area contributed by atoms with Gasteiger partial charge < -0.3 is 0 Å². The van der Waals surface area contributed by atoms with E-state index in [0.29, 0.717) is 5.46 Å². The van der Waals surface area contributed by atoms with E-state index >= 15 is 0 Å². The summed E-state index contributed by atoms with van der Waals surface area (Å²) < 4.78 is 1.01. The lowest BCUT2D eigenvalue weighted by molar-refractivity contribution is 1.21. The largest absolute Gasteiger partial charge is 0.255 e. The smallest absolute Gasteiger partial charge is 0.113 e. The minimum absolute atomic E-state index is 0.701. The highest BCUT2D eigenvalue weighted by Gasteiger charge is 2.14. The van der Waals surface area contributed by atoms with E-state index in [1.807, 2.05) is 78.9 Å². The van der Waals surface area contributed by atoms with Crippen molar-refractivity contribution < 1.29 is 0 Å². The average molecular weight is 551 g/mol. The maximum atomic E-state index is 6.12. The molecule has 0 amide bonds. The summed E-state index contributed by atoms with van der Waals surface area (Å²) >= 11 is 3.61. The van der Waals surface area contributed by atoms with Crippen LogP contribution >= 0.6 is 15.9 Å². The predicted molar refractivity (Wildman–Crippen MR) is 158 cm³/mol. The van der Waals surface area contributed by atoms with E-state index in [1.54, 1.807) is 12.4 Å². The summed E-state index contributed by atoms with van der Waals surface area (Å²) in [6.07, 6.45) is 3.55. The Kier molecular flexibility index (Phi) is 6.63. The molecule has 0 saturated carbocycles. The fourth-order valence-electron chi connectivity index (χ4n) is 4.33. The van der Waals surface area contributed by atoms with Crippen molar-refractivity contribution in [1.82, 2.24) is 19.9 Å². The summed E-state index contributed by atoms with van der Waals surface area (Å²) in [6.45, 7) is 0. The zero-order valence-corrected chi connectivity index (χ0v) is 21.9. The molecule has 0 atom stereocenters. The second-order valence-electron chi connectivity index (χ2n) is 8.82. The van der Waals surface area contributed by atoms with Crippen molar-refractivity contribution in [2.24, 2.45) is 0 Å². The van der Waals surface area contributed by atoms with Crippen molar-refractivity contribution in [2.45, 2.75) is 0 Å². The second-order valence-corrected chi connectivity index (χ2v) is 9.73. The quantitative estimate of drug-likeness (QED) is 0.214. The molecule has 4 nitrogen and oxygen atoms in total. The Balaban J connectivity index is 1.59. The Labute approximate surface area is 231 Å². The van der Waals surface area contributed by atoms with Crippen LogP contribution in [0.3, 0.4) is 0 Å². The molecule has 0 saturated heterocycles. The minimum atomic E-state index is 0.701. The average Bonchev–Trinajstić information content (AvgIpc) is 2.97. The highest BCUT2D eigenvalue weighted by Crippen LogP contribution is 2.33. The van der Waals surface area contributed by atoms with Crippen LogP contribution in [0.2, 0.25) is 0 Å². The molecule has 6 heteroatoms. The molecule has 0 aliphatic heterocycles. The number of nitrogens with zero attached hydrogens (tertiary/aromatic N) is 4. The van der Waals surface area contributed by atoms with Crippen LogP contribution in [0.25, 0.3) is 56.4 Å². The van der Waals surface area contributed by atoms with Gasteiger partial charge in [0.05, 0.1) is 34.2 Å². The number of hydrogen-bond donors (Lipinski definition) is 0. The van der Waals surface area contributed by atoms with Crippen molar-refractivity contribution in [1.29, 1.82) is 0 Å². The van der Waals surface area contributed by atoms with Gasteiger partial charge in [-0.1, -0.05) is 69.9 Å². The van der Waals surface area contributed by atoms with Gasteiger partial charge in [0.15, 0.2) is 0 Å². The monoisotopic (exact) mass is 550 g/mol. The summed E-state index contributed by atoms with van der Waals surface area (Å²) in [5.74, 6) is 0. The summed E-state index contributed by atoms with van der Waals surface area (Å²) in [4.78, 5) is 19.2. The van der Waals surface area contributed by atoms with E-state index < -0.39 is 0 Å². The first-order valence-electron chi connectivity index (χ1n) is 12.1. The fourth-order valence-corrected chi connectivity index (χ4v) is 4.73. The van der Waals surface area contributed by atoms with Gasteiger partial charge in [0.1, 0.15) is 7.85 Å². The van der Waals surface area contributed by atoms with E-state index in [0.717, 1.165) is 60.9 Å². The number of pyridine rings is 4. The van der Waals surface area contributed by atoms with Crippen LogP contribution in [0.5, 0.6) is 0 Å². The first kappa shape index (κ1) is 24.0. The maximum Gasteiger partial charge on any atom is 0.113 e. The van der Waals surface area contributed by atoms with Crippen LogP contribution in [0.15, 0.2) is 126 Å². The molecule has 6 rings (SSSR count). The van der Waals surface area contributed by atoms with E-state index in [-0.39, 0.29) is 0 Å². The highest BCUT2D eigenvalue weighted by atomic mass is 79.9. The van der Waals surface area contributed by atoms with Crippen LogP contribution in [-0.2, 0) is 0 Å². The number of benzene rings is 2. The van der Waals surface area contributed by atoms with Crippen molar-refractivity contribution in [3.63, 3.8) is 0 Å².